The fourth-order valence-electron chi connectivity index (χ4n) is 5.94. The first-order valence-electron chi connectivity index (χ1n) is 12.4. The van der Waals surface area contributed by atoms with Crippen molar-refractivity contribution in [3.63, 3.8) is 0 Å². The molecular weight excluding hydrogens is 492 g/mol. The summed E-state index contributed by atoms with van der Waals surface area (Å²) in [5.41, 5.74) is 4.31. The van der Waals surface area contributed by atoms with E-state index in [0.29, 0.717) is 36.8 Å². The Morgan fingerprint density at radius 3 is 2.89 bits per heavy atom. The largest absolute Gasteiger partial charge is 0.481 e. The third kappa shape index (κ3) is 3.93. The van der Waals surface area contributed by atoms with Crippen LogP contribution in [-0.2, 0) is 9.53 Å². The summed E-state index contributed by atoms with van der Waals surface area (Å²) in [7, 11) is 1.62. The van der Waals surface area contributed by atoms with Gasteiger partial charge in [0, 0.05) is 54.6 Å². The Kier molecular flexibility index (Phi) is 5.36. The lowest BCUT2D eigenvalue weighted by Gasteiger charge is -2.36. The van der Waals surface area contributed by atoms with E-state index in [1.54, 1.807) is 12.0 Å². The van der Waals surface area contributed by atoms with Crippen molar-refractivity contribution in [1.29, 1.82) is 0 Å². The number of nitrogens with one attached hydrogen (secondary N) is 1. The minimum absolute atomic E-state index is 0.0238. The molecule has 6 heterocycles. The zero-order valence-corrected chi connectivity index (χ0v) is 21.1. The molecule has 1 aromatic carbocycles. The van der Waals surface area contributed by atoms with Crippen LogP contribution in [0.3, 0.4) is 0 Å². The predicted molar refractivity (Wildman–Crippen MR) is 141 cm³/mol. The fourth-order valence-corrected chi connectivity index (χ4v) is 6.72. The Morgan fingerprint density at radius 2 is 2.05 bits per heavy atom. The van der Waals surface area contributed by atoms with Gasteiger partial charge in [-0.3, -0.25) is 19.6 Å². The highest BCUT2D eigenvalue weighted by Crippen LogP contribution is 2.39. The molecule has 3 saturated heterocycles. The maximum atomic E-state index is 12.7. The molecule has 3 aromatic rings. The number of aromatic nitrogens is 2. The second kappa shape index (κ2) is 8.77. The molecule has 0 radical (unpaired) electrons. The fraction of sp³-hybridized carbons (Fsp3) is 0.385. The Bertz CT molecular complexity index is 1420. The van der Waals surface area contributed by atoms with E-state index in [4.69, 9.17) is 9.47 Å². The van der Waals surface area contributed by atoms with Crippen LogP contribution in [0.2, 0.25) is 0 Å². The summed E-state index contributed by atoms with van der Waals surface area (Å²) in [6.07, 6.45) is 2.37. The average Bonchev–Trinajstić information content (AvgIpc) is 3.61. The standard InChI is InChI=1S/C26H26N6O4S/c1-35-24-5-3-19-25(29-24)21(6-7-27-19)31-11-16-8-17(31)10-30(16)12-18-13-32(26(34)36-18)15-2-4-22-20(9-15)28-23(33)14-37-22/h2-7,9,16-18H,8,10-14H2,1H3,(H,28,33)/t16?,17-,18?/m0/s1. The number of fused-ring (bicyclic) bond motifs is 4. The number of anilines is 3. The van der Waals surface area contributed by atoms with Gasteiger partial charge >= 0.3 is 6.09 Å². The van der Waals surface area contributed by atoms with E-state index in [9.17, 15) is 9.59 Å². The van der Waals surface area contributed by atoms with E-state index in [1.165, 1.54) is 11.8 Å². The molecule has 4 aliphatic rings. The van der Waals surface area contributed by atoms with Crippen molar-refractivity contribution in [3.8, 4) is 5.88 Å². The van der Waals surface area contributed by atoms with Crippen molar-refractivity contribution in [2.75, 3.05) is 54.2 Å². The molecule has 7 rings (SSSR count). The van der Waals surface area contributed by atoms with Gasteiger partial charge in [0.1, 0.15) is 11.6 Å². The van der Waals surface area contributed by atoms with E-state index in [0.717, 1.165) is 52.5 Å². The maximum absolute atomic E-state index is 12.7. The van der Waals surface area contributed by atoms with Gasteiger partial charge in [0.25, 0.3) is 0 Å². The summed E-state index contributed by atoms with van der Waals surface area (Å²) in [5, 5.41) is 2.90. The molecule has 2 aromatic heterocycles. The third-order valence-corrected chi connectivity index (χ3v) is 8.70. The first-order chi connectivity index (χ1) is 18.1. The molecular formula is C26H26N6O4S. The summed E-state index contributed by atoms with van der Waals surface area (Å²) >= 11 is 1.51. The molecule has 0 spiro atoms. The first-order valence-corrected chi connectivity index (χ1v) is 13.4. The number of pyridine rings is 2. The SMILES string of the molecule is COc1ccc2nccc(N3CC4C[C@H]3CN4CC3CN(c4ccc5c(c4)NC(=O)CS5)C(=O)O3)c2n1. The molecule has 3 atom stereocenters. The Hall–Kier alpha value is -3.57. The van der Waals surface area contributed by atoms with Gasteiger partial charge in [-0.2, -0.15) is 0 Å². The van der Waals surface area contributed by atoms with Crippen LogP contribution in [0.15, 0.2) is 47.5 Å². The van der Waals surface area contributed by atoms with Crippen LogP contribution in [-0.4, -0.2) is 84.1 Å². The van der Waals surface area contributed by atoms with Crippen LogP contribution in [0.5, 0.6) is 5.88 Å². The van der Waals surface area contributed by atoms with Crippen LogP contribution in [0.1, 0.15) is 6.42 Å². The van der Waals surface area contributed by atoms with Crippen molar-refractivity contribution >= 4 is 51.9 Å². The summed E-state index contributed by atoms with van der Waals surface area (Å²) in [5.74, 6) is 0.974. The number of cyclic esters (lactones) is 1. The molecule has 4 aliphatic heterocycles. The number of hydrogen-bond donors (Lipinski definition) is 1. The lowest BCUT2D eigenvalue weighted by molar-refractivity contribution is -0.113. The number of amides is 2. The van der Waals surface area contributed by atoms with Crippen molar-refractivity contribution in [2.45, 2.75) is 29.5 Å². The van der Waals surface area contributed by atoms with E-state index in [1.807, 2.05) is 42.6 Å². The van der Waals surface area contributed by atoms with Gasteiger partial charge in [-0.1, -0.05) is 0 Å². The second-order valence-corrected chi connectivity index (χ2v) is 10.9. The number of rotatable bonds is 5. The van der Waals surface area contributed by atoms with Crippen LogP contribution < -0.4 is 19.9 Å². The zero-order valence-electron chi connectivity index (χ0n) is 20.3. The van der Waals surface area contributed by atoms with Crippen LogP contribution in [0.4, 0.5) is 21.9 Å². The third-order valence-electron chi connectivity index (χ3n) is 7.63. The number of thioether (sulfide) groups is 1. The average molecular weight is 519 g/mol. The molecule has 11 heteroatoms. The van der Waals surface area contributed by atoms with Gasteiger partial charge in [0.05, 0.1) is 36.3 Å². The zero-order chi connectivity index (χ0) is 25.1. The van der Waals surface area contributed by atoms with Crippen LogP contribution >= 0.6 is 11.8 Å². The minimum Gasteiger partial charge on any atom is -0.481 e. The number of likely N-dealkylation sites (tertiary alicyclic amines) is 1. The number of ether oxygens (including phenoxy) is 2. The molecule has 3 fully saturated rings. The predicted octanol–water partition coefficient (Wildman–Crippen LogP) is 2.97. The molecule has 10 nitrogen and oxygen atoms in total. The molecule has 0 saturated carbocycles. The minimum atomic E-state index is -0.339. The molecule has 0 aliphatic carbocycles. The lowest BCUT2D eigenvalue weighted by atomic mass is 10.2. The number of piperazine rings is 1. The van der Waals surface area contributed by atoms with Crippen LogP contribution in [0, 0.1) is 0 Å². The number of carbonyl (C=O) groups excluding carboxylic acids is 2. The topological polar surface area (TPSA) is 100 Å². The monoisotopic (exact) mass is 518 g/mol. The van der Waals surface area contributed by atoms with Gasteiger partial charge in [-0.05, 0) is 36.8 Å². The number of carbonyl (C=O) groups is 2. The second-order valence-electron chi connectivity index (χ2n) is 9.83. The van der Waals surface area contributed by atoms with Crippen LogP contribution in [0.25, 0.3) is 11.0 Å². The molecule has 2 amide bonds. The number of nitrogens with zero attached hydrogens (tertiary/aromatic N) is 5. The van der Waals surface area contributed by atoms with E-state index in [2.05, 4.69) is 25.1 Å². The van der Waals surface area contributed by atoms with Crippen molar-refractivity contribution in [1.82, 2.24) is 14.9 Å². The summed E-state index contributed by atoms with van der Waals surface area (Å²) in [6.45, 7) is 3.01. The maximum Gasteiger partial charge on any atom is 0.414 e. The van der Waals surface area contributed by atoms with Crippen molar-refractivity contribution in [3.05, 3.63) is 42.6 Å². The first kappa shape index (κ1) is 22.6. The normalized spacial score (nSPS) is 24.9. The Balaban J connectivity index is 1.03. The smallest absolute Gasteiger partial charge is 0.414 e. The molecule has 190 valence electrons. The number of hydrogen-bond acceptors (Lipinski definition) is 9. The molecule has 37 heavy (non-hydrogen) atoms. The number of methoxy groups -OCH3 is 1. The quantitative estimate of drug-likeness (QED) is 0.546. The molecule has 1 N–H and O–H groups in total. The highest BCUT2D eigenvalue weighted by atomic mass is 32.2. The van der Waals surface area contributed by atoms with E-state index in [-0.39, 0.29) is 18.1 Å². The van der Waals surface area contributed by atoms with Gasteiger partial charge in [-0.25, -0.2) is 9.78 Å². The molecule has 2 unspecified atom stereocenters. The highest BCUT2D eigenvalue weighted by molar-refractivity contribution is 8.00. The van der Waals surface area contributed by atoms with Crippen molar-refractivity contribution < 1.29 is 19.1 Å². The Morgan fingerprint density at radius 1 is 1.14 bits per heavy atom. The highest BCUT2D eigenvalue weighted by Gasteiger charge is 2.46. The van der Waals surface area contributed by atoms with E-state index >= 15 is 0 Å². The van der Waals surface area contributed by atoms with Gasteiger partial charge in [0.2, 0.25) is 11.8 Å². The van der Waals surface area contributed by atoms with Gasteiger partial charge in [0.15, 0.2) is 0 Å². The molecule has 2 bridgehead atoms. The lowest BCUT2D eigenvalue weighted by Crippen LogP contribution is -2.49. The van der Waals surface area contributed by atoms with Gasteiger partial charge in [-0.15, -0.1) is 11.8 Å². The summed E-state index contributed by atoms with van der Waals surface area (Å²) in [4.78, 5) is 41.2. The Labute approximate surface area is 217 Å². The summed E-state index contributed by atoms with van der Waals surface area (Å²) in [6, 6.07) is 12.3. The van der Waals surface area contributed by atoms with Crippen molar-refractivity contribution in [2.24, 2.45) is 0 Å². The van der Waals surface area contributed by atoms with E-state index < -0.39 is 0 Å². The summed E-state index contributed by atoms with van der Waals surface area (Å²) < 4.78 is 11.1. The number of benzene rings is 1. The van der Waals surface area contributed by atoms with Gasteiger partial charge < -0.3 is 19.7 Å².